The van der Waals surface area contributed by atoms with E-state index in [1.54, 1.807) is 0 Å². The molecule has 0 aromatic rings. The van der Waals surface area contributed by atoms with Gasteiger partial charge in [0.1, 0.15) is 0 Å². The molecule has 0 aliphatic carbocycles. The van der Waals surface area contributed by atoms with Gasteiger partial charge in [0.05, 0.1) is 152 Å². The minimum atomic E-state index is -0.982. The van der Waals surface area contributed by atoms with Gasteiger partial charge in [0.25, 0.3) is 0 Å². The van der Waals surface area contributed by atoms with Crippen LogP contribution < -0.4 is 5.32 Å². The van der Waals surface area contributed by atoms with Crippen LogP contribution in [0.25, 0.3) is 0 Å². The number of rotatable bonds is 46. The summed E-state index contributed by atoms with van der Waals surface area (Å²) in [7, 11) is 0. The first-order chi connectivity index (χ1) is 25.7. The van der Waals surface area contributed by atoms with Gasteiger partial charge >= 0.3 is 5.97 Å². The smallest absolute Gasteiger partial charge is 0.303 e. The van der Waals surface area contributed by atoms with Crippen LogP contribution in [0.15, 0.2) is 0 Å². The Morgan fingerprint density at radius 1 is 0.365 bits per heavy atom. The highest BCUT2D eigenvalue weighted by Crippen LogP contribution is 2.02. The molecular weight excluding hydrogens is 686 g/mol. The van der Waals surface area contributed by atoms with E-state index in [4.69, 9.17) is 61.9 Å². The number of hydrogen-bond acceptors (Lipinski definition) is 14. The zero-order valence-electron chi connectivity index (χ0n) is 32.0. The zero-order valence-corrected chi connectivity index (χ0v) is 32.0. The van der Waals surface area contributed by atoms with Crippen LogP contribution in [-0.2, 0) is 66.4 Å². The fraction of sp³-hybridized carbons (Fsp3) is 0.944. The van der Waals surface area contributed by atoms with Crippen LogP contribution in [0, 0.1) is 0 Å². The molecular formula is C36H71NO15. The molecule has 16 nitrogen and oxygen atoms in total. The largest absolute Gasteiger partial charge is 0.481 e. The number of amides is 1. The summed E-state index contributed by atoms with van der Waals surface area (Å²) in [5.74, 6) is -1.25. The molecule has 0 rings (SSSR count). The molecule has 0 bridgehead atoms. The Labute approximate surface area is 312 Å². The normalized spacial score (nSPS) is 11.4. The Morgan fingerprint density at radius 2 is 0.635 bits per heavy atom. The minimum Gasteiger partial charge on any atom is -0.481 e. The third kappa shape index (κ3) is 46.5. The van der Waals surface area contributed by atoms with Crippen molar-refractivity contribution in [1.82, 2.24) is 5.32 Å². The van der Waals surface area contributed by atoms with Crippen LogP contribution in [-0.4, -0.2) is 182 Å². The number of hydrogen-bond donors (Lipinski definition) is 2. The minimum absolute atomic E-state index is 0.0100. The highest BCUT2D eigenvalue weighted by atomic mass is 16.6. The zero-order chi connectivity index (χ0) is 37.7. The average molecular weight is 758 g/mol. The summed E-state index contributed by atoms with van der Waals surface area (Å²) in [6.45, 7) is 15.1. The number of carbonyl (C=O) groups excluding carboxylic acids is 1. The van der Waals surface area contributed by atoms with Crippen molar-refractivity contribution >= 4 is 11.9 Å². The molecule has 0 aromatic carbocycles. The molecule has 310 valence electrons. The lowest BCUT2D eigenvalue weighted by Crippen LogP contribution is -2.25. The fourth-order valence-corrected chi connectivity index (χ4v) is 4.04. The van der Waals surface area contributed by atoms with E-state index in [1.807, 2.05) is 0 Å². The molecule has 1 amide bonds. The van der Waals surface area contributed by atoms with Crippen LogP contribution in [0.3, 0.4) is 0 Å². The van der Waals surface area contributed by atoms with Gasteiger partial charge in [-0.3, -0.25) is 9.59 Å². The lowest BCUT2D eigenvalue weighted by Gasteiger charge is -2.09. The van der Waals surface area contributed by atoms with E-state index in [-0.39, 0.29) is 18.7 Å². The molecule has 0 atom stereocenters. The summed E-state index contributed by atoms with van der Waals surface area (Å²) in [5, 5.41) is 11.2. The third-order valence-electron chi connectivity index (χ3n) is 6.84. The Morgan fingerprint density at radius 3 is 0.923 bits per heavy atom. The van der Waals surface area contributed by atoms with E-state index in [0.29, 0.717) is 165 Å². The molecule has 0 aliphatic heterocycles. The summed E-state index contributed by atoms with van der Waals surface area (Å²) in [6.07, 6.45) is 6.72. The number of carboxylic acid groups (broad SMARTS) is 1. The predicted molar refractivity (Wildman–Crippen MR) is 193 cm³/mol. The van der Waals surface area contributed by atoms with E-state index in [0.717, 1.165) is 13.0 Å². The summed E-state index contributed by atoms with van der Waals surface area (Å²) >= 11 is 0. The predicted octanol–water partition coefficient (Wildman–Crippen LogP) is 2.53. The van der Waals surface area contributed by atoms with Crippen LogP contribution in [0.2, 0.25) is 0 Å². The van der Waals surface area contributed by atoms with Crippen LogP contribution in [0.5, 0.6) is 0 Å². The molecule has 0 saturated carbocycles. The first kappa shape index (κ1) is 50.5. The van der Waals surface area contributed by atoms with Gasteiger partial charge in [0.2, 0.25) is 5.91 Å². The first-order valence-corrected chi connectivity index (χ1v) is 19.1. The van der Waals surface area contributed by atoms with Crippen LogP contribution in [0.4, 0.5) is 0 Å². The van der Waals surface area contributed by atoms with E-state index in [9.17, 15) is 9.59 Å². The molecule has 0 spiro atoms. The molecule has 0 unspecified atom stereocenters. The third-order valence-corrected chi connectivity index (χ3v) is 6.84. The van der Waals surface area contributed by atoms with E-state index >= 15 is 0 Å². The number of aliphatic carboxylic acids is 1. The molecule has 52 heavy (non-hydrogen) atoms. The van der Waals surface area contributed by atoms with Crippen molar-refractivity contribution in [2.24, 2.45) is 0 Å². The van der Waals surface area contributed by atoms with Gasteiger partial charge in [-0.25, -0.2) is 0 Å². The Kier molecular flexibility index (Phi) is 44.3. The fourth-order valence-electron chi connectivity index (χ4n) is 4.04. The van der Waals surface area contributed by atoms with Crippen molar-refractivity contribution in [2.45, 2.75) is 58.3 Å². The second-order valence-corrected chi connectivity index (χ2v) is 11.4. The van der Waals surface area contributed by atoms with Crippen molar-refractivity contribution in [1.29, 1.82) is 0 Å². The SMILES string of the molecule is CCCCCCCOCCOCCOCCOCCOCCOCCOCCOCCOCCOCCOCCOCCCNC(=O)CCC(=O)O. The van der Waals surface area contributed by atoms with Crippen LogP contribution >= 0.6 is 0 Å². The number of ether oxygens (including phenoxy) is 12. The van der Waals surface area contributed by atoms with E-state index < -0.39 is 5.97 Å². The van der Waals surface area contributed by atoms with Gasteiger partial charge in [-0.05, 0) is 12.8 Å². The van der Waals surface area contributed by atoms with Gasteiger partial charge in [-0.15, -0.1) is 0 Å². The Hall–Kier alpha value is -1.54. The molecule has 0 fully saturated rings. The summed E-state index contributed by atoms with van der Waals surface area (Å²) in [4.78, 5) is 21.8. The van der Waals surface area contributed by atoms with Crippen molar-refractivity contribution in [2.75, 3.05) is 165 Å². The van der Waals surface area contributed by atoms with Gasteiger partial charge in [-0.2, -0.15) is 0 Å². The number of carbonyl (C=O) groups is 2. The quantitative estimate of drug-likeness (QED) is 0.0866. The lowest BCUT2D eigenvalue weighted by atomic mass is 10.2. The number of nitrogens with one attached hydrogen (secondary N) is 1. The van der Waals surface area contributed by atoms with E-state index in [1.165, 1.54) is 25.7 Å². The topological polar surface area (TPSA) is 177 Å². The maximum atomic E-state index is 11.4. The van der Waals surface area contributed by atoms with Gasteiger partial charge in [0.15, 0.2) is 0 Å². The maximum Gasteiger partial charge on any atom is 0.303 e. The van der Waals surface area contributed by atoms with Crippen molar-refractivity contribution < 1.29 is 71.5 Å². The number of carboxylic acids is 1. The maximum absolute atomic E-state index is 11.4. The van der Waals surface area contributed by atoms with Gasteiger partial charge in [0, 0.05) is 26.2 Å². The Bertz CT molecular complexity index is 723. The second-order valence-electron chi connectivity index (χ2n) is 11.4. The molecule has 0 aliphatic rings. The highest BCUT2D eigenvalue weighted by molar-refractivity contribution is 5.80. The Balaban J connectivity index is 3.08. The summed E-state index contributed by atoms with van der Waals surface area (Å²) < 4.78 is 65.7. The summed E-state index contributed by atoms with van der Waals surface area (Å²) in [5.41, 5.74) is 0. The van der Waals surface area contributed by atoms with Crippen LogP contribution in [0.1, 0.15) is 58.3 Å². The molecule has 0 aromatic heterocycles. The first-order valence-electron chi connectivity index (χ1n) is 19.1. The standard InChI is InChI=1S/C36H71NO15/c1-2-3-4-5-6-11-41-13-15-43-17-19-45-21-23-47-25-27-49-29-31-51-33-34-52-32-30-50-28-26-48-24-22-46-20-18-44-16-14-42-12-7-10-37-35(38)8-9-36(39)40/h2-34H2,1H3,(H,37,38)(H,39,40). The molecule has 0 heterocycles. The average Bonchev–Trinajstić information content (AvgIpc) is 3.14. The van der Waals surface area contributed by atoms with Crippen molar-refractivity contribution in [3.63, 3.8) is 0 Å². The van der Waals surface area contributed by atoms with Crippen molar-refractivity contribution in [3.05, 3.63) is 0 Å². The van der Waals surface area contributed by atoms with Crippen molar-refractivity contribution in [3.8, 4) is 0 Å². The molecule has 16 heteroatoms. The molecule has 0 saturated heterocycles. The molecule has 2 N–H and O–H groups in total. The number of unbranched alkanes of at least 4 members (excludes halogenated alkanes) is 4. The van der Waals surface area contributed by atoms with E-state index in [2.05, 4.69) is 12.2 Å². The van der Waals surface area contributed by atoms with Gasteiger partial charge in [-0.1, -0.05) is 32.6 Å². The molecule has 0 radical (unpaired) electrons. The monoisotopic (exact) mass is 757 g/mol. The lowest BCUT2D eigenvalue weighted by molar-refractivity contribution is -0.138. The van der Waals surface area contributed by atoms with Gasteiger partial charge < -0.3 is 67.3 Å². The summed E-state index contributed by atoms with van der Waals surface area (Å²) in [6, 6.07) is 0. The second kappa shape index (κ2) is 45.6. The highest BCUT2D eigenvalue weighted by Gasteiger charge is 2.04.